The first-order valence-corrected chi connectivity index (χ1v) is 12.9. The summed E-state index contributed by atoms with van der Waals surface area (Å²) < 4.78 is 36.2. The third-order valence-electron chi connectivity index (χ3n) is 9.49. The summed E-state index contributed by atoms with van der Waals surface area (Å²) in [6.07, 6.45) is 4.62. The van der Waals surface area contributed by atoms with Crippen molar-refractivity contribution in [2.75, 3.05) is 26.3 Å². The van der Waals surface area contributed by atoms with E-state index in [1.54, 1.807) is 6.07 Å². The maximum atomic E-state index is 15.4. The molecule has 1 heterocycles. The van der Waals surface area contributed by atoms with E-state index in [1.165, 1.54) is 5.56 Å². The van der Waals surface area contributed by atoms with Gasteiger partial charge in [0.05, 0.1) is 13.2 Å². The number of carbonyl (C=O) groups is 1. The lowest BCUT2D eigenvalue weighted by Gasteiger charge is -2.51. The Bertz CT molecular complexity index is 922. The predicted molar refractivity (Wildman–Crippen MR) is 126 cm³/mol. The molecule has 0 spiro atoms. The number of aryl methyl sites for hydroxylation is 1. The highest BCUT2D eigenvalue weighted by atomic mass is 19.3. The number of alkyl halides is 2. The second-order valence-corrected chi connectivity index (χ2v) is 11.2. The minimum Gasteiger partial charge on any atom is -0.423 e. The molecule has 8 heteroatoms. The number of nitrogens with zero attached hydrogens (tertiary/aromatic N) is 1. The number of hydrogen-bond acceptors (Lipinski definition) is 4. The van der Waals surface area contributed by atoms with Crippen molar-refractivity contribution in [1.82, 2.24) is 4.90 Å². The number of morpholine rings is 1. The van der Waals surface area contributed by atoms with Crippen LogP contribution in [0.15, 0.2) is 18.2 Å². The minimum absolute atomic E-state index is 0.0454. The topological polar surface area (TPSA) is 70.0 Å². The summed E-state index contributed by atoms with van der Waals surface area (Å²) >= 11 is 0. The largest absolute Gasteiger partial charge is 0.488 e. The third-order valence-corrected chi connectivity index (χ3v) is 9.49. The molecule has 1 aromatic rings. The van der Waals surface area contributed by atoms with E-state index in [0.717, 1.165) is 24.8 Å². The van der Waals surface area contributed by atoms with Crippen LogP contribution in [0.2, 0.25) is 0 Å². The van der Waals surface area contributed by atoms with Crippen LogP contribution in [0.3, 0.4) is 0 Å². The molecule has 2 N–H and O–H groups in total. The Hall–Kier alpha value is -1.51. The van der Waals surface area contributed by atoms with Gasteiger partial charge in [0.2, 0.25) is 5.91 Å². The molecule has 4 aliphatic rings. The fraction of sp³-hybridized carbons (Fsp3) is 0.731. The van der Waals surface area contributed by atoms with Gasteiger partial charge in [-0.3, -0.25) is 4.79 Å². The highest BCUT2D eigenvalue weighted by Crippen LogP contribution is 2.68. The summed E-state index contributed by atoms with van der Waals surface area (Å²) in [5, 5.41) is 19.1. The van der Waals surface area contributed by atoms with Crippen LogP contribution in [0.1, 0.15) is 68.9 Å². The number of halogens is 2. The second kappa shape index (κ2) is 9.18. The first-order chi connectivity index (χ1) is 16.2. The van der Waals surface area contributed by atoms with Gasteiger partial charge in [0.1, 0.15) is 0 Å². The molecule has 1 saturated heterocycles. The predicted octanol–water partition coefficient (Wildman–Crippen LogP) is 3.11. The van der Waals surface area contributed by atoms with E-state index >= 15 is 8.78 Å². The molecular formula is C26H36BF2NO4. The lowest BCUT2D eigenvalue weighted by atomic mass is 9.53. The number of benzene rings is 1. The summed E-state index contributed by atoms with van der Waals surface area (Å²) in [4.78, 5) is 14.4. The fourth-order valence-electron chi connectivity index (χ4n) is 7.77. The number of ether oxygens (including phenoxy) is 1. The summed E-state index contributed by atoms with van der Waals surface area (Å²) in [7, 11) is -1.49. The van der Waals surface area contributed by atoms with E-state index in [0.29, 0.717) is 57.4 Å². The van der Waals surface area contributed by atoms with Gasteiger partial charge >= 0.3 is 7.12 Å². The molecule has 1 amide bonds. The van der Waals surface area contributed by atoms with Gasteiger partial charge in [0, 0.05) is 31.3 Å². The number of hydrogen-bond donors (Lipinski definition) is 2. The molecule has 5 rings (SSSR count). The Morgan fingerprint density at radius 3 is 2.74 bits per heavy atom. The van der Waals surface area contributed by atoms with Gasteiger partial charge in [0.25, 0.3) is 5.92 Å². The summed E-state index contributed by atoms with van der Waals surface area (Å²) in [6, 6.07) is 5.63. The highest BCUT2D eigenvalue weighted by molar-refractivity contribution is 6.58. The average molecular weight is 475 g/mol. The number of amides is 1. The van der Waals surface area contributed by atoms with Crippen molar-refractivity contribution < 1.29 is 28.4 Å². The van der Waals surface area contributed by atoms with Gasteiger partial charge in [-0.2, -0.15) is 0 Å². The van der Waals surface area contributed by atoms with Crippen LogP contribution >= 0.6 is 0 Å². The van der Waals surface area contributed by atoms with Gasteiger partial charge in [0.15, 0.2) is 0 Å². The van der Waals surface area contributed by atoms with Crippen LogP contribution in [-0.4, -0.2) is 60.2 Å². The molecule has 2 saturated carbocycles. The Morgan fingerprint density at radius 1 is 1.24 bits per heavy atom. The molecule has 0 radical (unpaired) electrons. The molecule has 1 aliphatic heterocycles. The maximum absolute atomic E-state index is 15.4. The normalized spacial score (nSPS) is 34.2. The molecule has 3 unspecified atom stereocenters. The summed E-state index contributed by atoms with van der Waals surface area (Å²) in [5.74, 6) is -2.21. The second-order valence-electron chi connectivity index (χ2n) is 11.2. The van der Waals surface area contributed by atoms with E-state index in [-0.39, 0.29) is 36.0 Å². The van der Waals surface area contributed by atoms with Crippen molar-refractivity contribution in [3.63, 3.8) is 0 Å². The van der Waals surface area contributed by atoms with Crippen molar-refractivity contribution in [2.45, 2.75) is 70.1 Å². The van der Waals surface area contributed by atoms with E-state index in [1.807, 2.05) is 24.0 Å². The van der Waals surface area contributed by atoms with Gasteiger partial charge < -0.3 is 19.7 Å². The van der Waals surface area contributed by atoms with Crippen LogP contribution in [0.4, 0.5) is 8.78 Å². The lowest BCUT2D eigenvalue weighted by Crippen LogP contribution is -2.48. The minimum atomic E-state index is -2.67. The molecular weight excluding hydrogens is 439 g/mol. The summed E-state index contributed by atoms with van der Waals surface area (Å²) in [5.41, 5.74) is 1.85. The van der Waals surface area contributed by atoms with E-state index in [4.69, 9.17) is 4.74 Å². The SMILES string of the molecule is C[C@]12CCC3c4ccc(B(O)O)cc4CCC3C1[C@@H](CCCC(=O)N1CCOCC1)CC2(F)F. The first kappa shape index (κ1) is 24.2. The van der Waals surface area contributed by atoms with Crippen molar-refractivity contribution in [3.05, 3.63) is 29.3 Å². The van der Waals surface area contributed by atoms with E-state index in [9.17, 15) is 14.8 Å². The van der Waals surface area contributed by atoms with Crippen LogP contribution in [0.5, 0.6) is 0 Å². The smallest absolute Gasteiger partial charge is 0.423 e. The Morgan fingerprint density at radius 2 is 2.00 bits per heavy atom. The van der Waals surface area contributed by atoms with Crippen LogP contribution < -0.4 is 5.46 Å². The molecule has 3 fully saturated rings. The van der Waals surface area contributed by atoms with Crippen LogP contribution in [0.25, 0.3) is 0 Å². The van der Waals surface area contributed by atoms with Gasteiger partial charge in [-0.05, 0) is 78.8 Å². The lowest BCUT2D eigenvalue weighted by molar-refractivity contribution is -0.135. The number of rotatable bonds is 5. The Kier molecular flexibility index (Phi) is 6.53. The third kappa shape index (κ3) is 4.09. The van der Waals surface area contributed by atoms with Gasteiger partial charge in [-0.15, -0.1) is 0 Å². The monoisotopic (exact) mass is 475 g/mol. The zero-order chi connectivity index (χ0) is 24.1. The molecule has 0 bridgehead atoms. The van der Waals surface area contributed by atoms with Crippen molar-refractivity contribution in [1.29, 1.82) is 0 Å². The summed E-state index contributed by atoms with van der Waals surface area (Å²) in [6.45, 7) is 4.21. The number of carbonyl (C=O) groups excluding carboxylic acids is 1. The zero-order valence-electron chi connectivity index (χ0n) is 20.0. The Labute approximate surface area is 201 Å². The molecule has 34 heavy (non-hydrogen) atoms. The average Bonchev–Trinajstić information content (AvgIpc) is 3.03. The van der Waals surface area contributed by atoms with Gasteiger partial charge in [-0.25, -0.2) is 8.78 Å². The van der Waals surface area contributed by atoms with Gasteiger partial charge in [-0.1, -0.05) is 25.1 Å². The molecule has 0 aromatic heterocycles. The molecule has 186 valence electrons. The van der Waals surface area contributed by atoms with Crippen LogP contribution in [0, 0.1) is 23.2 Å². The van der Waals surface area contributed by atoms with E-state index in [2.05, 4.69) is 0 Å². The van der Waals surface area contributed by atoms with Crippen molar-refractivity contribution >= 4 is 18.5 Å². The molecule has 5 nitrogen and oxygen atoms in total. The quantitative estimate of drug-likeness (QED) is 0.643. The van der Waals surface area contributed by atoms with E-state index < -0.39 is 18.5 Å². The van der Waals surface area contributed by atoms with Crippen LogP contribution in [-0.2, 0) is 16.0 Å². The first-order valence-electron chi connectivity index (χ1n) is 12.9. The number of fused-ring (bicyclic) bond motifs is 5. The molecule has 3 aliphatic carbocycles. The standard InChI is InChI=1S/C26H36BF2NO4/c1-25-10-9-21-20-8-6-19(27(32)33)15-17(20)5-7-22(21)24(25)18(16-26(25,28)29)3-2-4-23(31)30-11-13-34-14-12-30/h6,8,15,18,21-22,24,32-33H,2-5,7,9-14,16H2,1H3/t18-,21?,22?,24?,25-/m0/s1. The maximum Gasteiger partial charge on any atom is 0.488 e. The fourth-order valence-corrected chi connectivity index (χ4v) is 7.77. The zero-order valence-corrected chi connectivity index (χ0v) is 20.0. The molecule has 1 aromatic carbocycles. The highest BCUT2D eigenvalue weighted by Gasteiger charge is 2.67. The Balaban J connectivity index is 1.32. The molecule has 5 atom stereocenters. The van der Waals surface area contributed by atoms with Crippen molar-refractivity contribution in [3.8, 4) is 0 Å². The van der Waals surface area contributed by atoms with Crippen molar-refractivity contribution in [2.24, 2.45) is 23.2 Å².